The number of hydrogen-bond acceptors (Lipinski definition) is 5. The monoisotopic (exact) mass is 385 g/mol. The van der Waals surface area contributed by atoms with E-state index in [2.05, 4.69) is 17.1 Å². The summed E-state index contributed by atoms with van der Waals surface area (Å²) in [5.41, 5.74) is 0.705. The smallest absolute Gasteiger partial charge is 0.262 e. The first-order valence-corrected chi connectivity index (χ1v) is 10.4. The zero-order chi connectivity index (χ0) is 19.0. The Morgan fingerprint density at radius 3 is 2.89 bits per heavy atom. The molecule has 1 aromatic carbocycles. The largest absolute Gasteiger partial charge is 0.342 e. The molecular weight excluding hydrogens is 362 g/mol. The molecule has 1 aliphatic rings. The highest BCUT2D eigenvalue weighted by atomic mass is 32.2. The molecule has 3 heterocycles. The van der Waals surface area contributed by atoms with Gasteiger partial charge in [-0.1, -0.05) is 30.8 Å². The maximum absolute atomic E-state index is 12.7. The van der Waals surface area contributed by atoms with Gasteiger partial charge in [-0.05, 0) is 37.8 Å². The minimum Gasteiger partial charge on any atom is -0.342 e. The van der Waals surface area contributed by atoms with Crippen molar-refractivity contribution in [2.45, 2.75) is 38.4 Å². The fourth-order valence-electron chi connectivity index (χ4n) is 3.75. The lowest BCUT2D eigenvalue weighted by Gasteiger charge is -2.30. The van der Waals surface area contributed by atoms with E-state index in [1.54, 1.807) is 4.57 Å². The average Bonchev–Trinajstić information content (AvgIpc) is 3.10. The zero-order valence-corrected chi connectivity index (χ0v) is 16.4. The van der Waals surface area contributed by atoms with Crippen molar-refractivity contribution < 1.29 is 4.79 Å². The van der Waals surface area contributed by atoms with E-state index >= 15 is 0 Å². The predicted molar refractivity (Wildman–Crippen MR) is 106 cm³/mol. The Hall–Kier alpha value is -2.35. The first-order chi connectivity index (χ1) is 13.1. The minimum atomic E-state index is -0.0667. The maximum Gasteiger partial charge on any atom is 0.262 e. The highest BCUT2D eigenvalue weighted by Gasteiger charge is 2.22. The van der Waals surface area contributed by atoms with Gasteiger partial charge in [0, 0.05) is 19.6 Å². The van der Waals surface area contributed by atoms with Crippen LogP contribution in [0.25, 0.3) is 16.7 Å². The number of aryl methyl sites for hydroxylation is 1. The highest BCUT2D eigenvalue weighted by molar-refractivity contribution is 7.99. The van der Waals surface area contributed by atoms with E-state index in [-0.39, 0.29) is 11.5 Å². The molecule has 1 saturated heterocycles. The van der Waals surface area contributed by atoms with Crippen LogP contribution in [0.15, 0.2) is 34.2 Å². The third-order valence-electron chi connectivity index (χ3n) is 5.13. The quantitative estimate of drug-likeness (QED) is 0.645. The van der Waals surface area contributed by atoms with Crippen LogP contribution in [0, 0.1) is 5.92 Å². The van der Waals surface area contributed by atoms with E-state index in [4.69, 9.17) is 0 Å². The van der Waals surface area contributed by atoms with Gasteiger partial charge in [0.25, 0.3) is 5.56 Å². The van der Waals surface area contributed by atoms with E-state index in [1.165, 1.54) is 18.2 Å². The van der Waals surface area contributed by atoms with Gasteiger partial charge in [-0.3, -0.25) is 18.6 Å². The Kier molecular flexibility index (Phi) is 4.90. The number of para-hydroxylation sites is 1. The number of rotatable bonds is 4. The van der Waals surface area contributed by atoms with Gasteiger partial charge in [-0.15, -0.1) is 10.2 Å². The lowest BCUT2D eigenvalue weighted by Crippen LogP contribution is -2.40. The van der Waals surface area contributed by atoms with E-state index in [0.29, 0.717) is 34.5 Å². The van der Waals surface area contributed by atoms with Crippen molar-refractivity contribution in [2.75, 3.05) is 18.8 Å². The maximum atomic E-state index is 12.7. The molecule has 0 bridgehead atoms. The summed E-state index contributed by atoms with van der Waals surface area (Å²) in [6.07, 6.45) is 2.26. The van der Waals surface area contributed by atoms with Crippen molar-refractivity contribution in [2.24, 2.45) is 5.92 Å². The molecule has 1 amide bonds. The average molecular weight is 385 g/mol. The Balaban J connectivity index is 1.68. The second kappa shape index (κ2) is 7.34. The van der Waals surface area contributed by atoms with Crippen LogP contribution in [0.3, 0.4) is 0 Å². The first-order valence-electron chi connectivity index (χ1n) is 9.37. The van der Waals surface area contributed by atoms with Crippen LogP contribution >= 0.6 is 11.8 Å². The molecule has 4 rings (SSSR count). The van der Waals surface area contributed by atoms with Gasteiger partial charge >= 0.3 is 0 Å². The third kappa shape index (κ3) is 3.22. The molecule has 0 N–H and O–H groups in total. The van der Waals surface area contributed by atoms with E-state index in [1.807, 2.05) is 40.5 Å². The van der Waals surface area contributed by atoms with Crippen molar-refractivity contribution in [3.8, 4) is 0 Å². The van der Waals surface area contributed by atoms with Crippen LogP contribution in [-0.4, -0.2) is 48.8 Å². The molecule has 0 saturated carbocycles. The van der Waals surface area contributed by atoms with Crippen LogP contribution in [0.1, 0.15) is 26.7 Å². The standard InChI is InChI=1S/C19H23N5O2S/c1-3-23-17(26)14-8-4-5-9-15(14)24-18(23)20-21-19(24)27-12-16(25)22-10-6-7-13(2)11-22/h4-5,8-9,13H,3,6-7,10-12H2,1-2H3. The molecule has 1 atom stereocenters. The second-order valence-corrected chi connectivity index (χ2v) is 8.00. The lowest BCUT2D eigenvalue weighted by atomic mass is 10.0. The van der Waals surface area contributed by atoms with Crippen LogP contribution in [0.4, 0.5) is 0 Å². The van der Waals surface area contributed by atoms with Gasteiger partial charge in [0.2, 0.25) is 11.7 Å². The third-order valence-corrected chi connectivity index (χ3v) is 6.04. The van der Waals surface area contributed by atoms with E-state index in [9.17, 15) is 9.59 Å². The number of benzene rings is 1. The Bertz CT molecular complexity index is 1060. The number of nitrogens with zero attached hydrogens (tertiary/aromatic N) is 5. The van der Waals surface area contributed by atoms with Gasteiger partial charge in [0.05, 0.1) is 16.7 Å². The molecule has 142 valence electrons. The van der Waals surface area contributed by atoms with Crippen molar-refractivity contribution >= 4 is 34.3 Å². The summed E-state index contributed by atoms with van der Waals surface area (Å²) in [6, 6.07) is 7.46. The number of carbonyl (C=O) groups is 1. The Morgan fingerprint density at radius 1 is 1.30 bits per heavy atom. The predicted octanol–water partition coefficient (Wildman–Crippen LogP) is 2.41. The van der Waals surface area contributed by atoms with Crippen LogP contribution < -0.4 is 5.56 Å². The first kappa shape index (κ1) is 18.0. The van der Waals surface area contributed by atoms with Crippen LogP contribution in [0.2, 0.25) is 0 Å². The van der Waals surface area contributed by atoms with Crippen molar-refractivity contribution in [3.05, 3.63) is 34.6 Å². The molecule has 2 aromatic heterocycles. The number of hydrogen-bond donors (Lipinski definition) is 0. The number of carbonyl (C=O) groups excluding carboxylic acids is 1. The fraction of sp³-hybridized carbons (Fsp3) is 0.474. The molecule has 0 radical (unpaired) electrons. The second-order valence-electron chi connectivity index (χ2n) is 7.06. The van der Waals surface area contributed by atoms with Gasteiger partial charge in [0.15, 0.2) is 5.16 Å². The van der Waals surface area contributed by atoms with E-state index < -0.39 is 0 Å². The van der Waals surface area contributed by atoms with Crippen molar-refractivity contribution in [1.82, 2.24) is 24.1 Å². The molecule has 0 spiro atoms. The summed E-state index contributed by atoms with van der Waals surface area (Å²) in [4.78, 5) is 27.3. The minimum absolute atomic E-state index is 0.0667. The normalized spacial score (nSPS) is 17.7. The number of fused-ring (bicyclic) bond motifs is 3. The van der Waals surface area contributed by atoms with Crippen molar-refractivity contribution in [3.63, 3.8) is 0 Å². The summed E-state index contributed by atoms with van der Waals surface area (Å²) in [5.74, 6) is 1.54. The lowest BCUT2D eigenvalue weighted by molar-refractivity contribution is -0.130. The van der Waals surface area contributed by atoms with Crippen molar-refractivity contribution in [1.29, 1.82) is 0 Å². The number of thioether (sulfide) groups is 1. The number of piperidine rings is 1. The molecule has 1 unspecified atom stereocenters. The molecule has 3 aromatic rings. The fourth-order valence-corrected chi connectivity index (χ4v) is 4.59. The molecule has 8 heteroatoms. The van der Waals surface area contributed by atoms with Gasteiger partial charge < -0.3 is 4.90 Å². The van der Waals surface area contributed by atoms with Gasteiger partial charge in [0.1, 0.15) is 0 Å². The molecule has 1 fully saturated rings. The molecule has 0 aliphatic carbocycles. The number of amides is 1. The van der Waals surface area contributed by atoms with Crippen LogP contribution in [0.5, 0.6) is 0 Å². The molecule has 7 nitrogen and oxygen atoms in total. The summed E-state index contributed by atoms with van der Waals surface area (Å²) >= 11 is 1.38. The van der Waals surface area contributed by atoms with Gasteiger partial charge in [-0.2, -0.15) is 0 Å². The van der Waals surface area contributed by atoms with Gasteiger partial charge in [-0.25, -0.2) is 0 Å². The SMILES string of the molecule is CCn1c(=O)c2ccccc2n2c(SCC(=O)N3CCCC(C)C3)nnc12. The summed E-state index contributed by atoms with van der Waals surface area (Å²) in [7, 11) is 0. The van der Waals surface area contributed by atoms with Crippen LogP contribution in [-0.2, 0) is 11.3 Å². The molecule has 1 aliphatic heterocycles. The summed E-state index contributed by atoms with van der Waals surface area (Å²) in [6.45, 7) is 6.29. The van der Waals surface area contributed by atoms with E-state index in [0.717, 1.165) is 25.0 Å². The Labute approximate surface area is 161 Å². The zero-order valence-electron chi connectivity index (χ0n) is 15.6. The highest BCUT2D eigenvalue weighted by Crippen LogP contribution is 2.23. The molecule has 27 heavy (non-hydrogen) atoms. The molecular formula is C19H23N5O2S. The topological polar surface area (TPSA) is 72.5 Å². The number of likely N-dealkylation sites (tertiary alicyclic amines) is 1. The summed E-state index contributed by atoms with van der Waals surface area (Å²) in [5, 5.41) is 9.78. The Morgan fingerprint density at radius 2 is 2.11 bits per heavy atom. The number of aromatic nitrogens is 4. The summed E-state index contributed by atoms with van der Waals surface area (Å²) < 4.78 is 3.50.